The molecule has 0 radical (unpaired) electrons. The quantitative estimate of drug-likeness (QED) is 0.397. The van der Waals surface area contributed by atoms with E-state index in [4.69, 9.17) is 9.47 Å². The Hall–Kier alpha value is -2.56. The number of amidine groups is 1. The van der Waals surface area contributed by atoms with E-state index in [0.717, 1.165) is 16.2 Å². The number of halogens is 1. The Morgan fingerprint density at radius 3 is 2.42 bits per heavy atom. The second kappa shape index (κ2) is 9.71. The molecule has 3 rings (SSSR count). The van der Waals surface area contributed by atoms with Crippen LogP contribution in [-0.2, 0) is 14.8 Å². The van der Waals surface area contributed by atoms with Crippen molar-refractivity contribution in [1.82, 2.24) is 4.90 Å². The standard InChI is InChI=1S/C21H19BrN2O5S2/c1-4-11-24-20(25)19(13-14-5-10-17(28-2)18(12-14)29-3)30-21(24)23-31(26,27)16-8-6-15(22)7-9-16/h4-10,12-13H,1,11H2,2-3H3. The summed E-state index contributed by atoms with van der Waals surface area (Å²) >= 11 is 4.26. The zero-order valence-corrected chi connectivity index (χ0v) is 20.0. The van der Waals surface area contributed by atoms with Crippen molar-refractivity contribution in [3.63, 3.8) is 0 Å². The Balaban J connectivity index is 1.99. The number of hydrogen-bond donors (Lipinski definition) is 0. The number of methoxy groups -OCH3 is 2. The summed E-state index contributed by atoms with van der Waals surface area (Å²) in [4.78, 5) is 14.6. The van der Waals surface area contributed by atoms with Gasteiger partial charge in [-0.25, -0.2) is 0 Å². The Kier molecular flexibility index (Phi) is 7.24. The predicted molar refractivity (Wildman–Crippen MR) is 126 cm³/mol. The van der Waals surface area contributed by atoms with Gasteiger partial charge in [-0.05, 0) is 59.8 Å². The normalized spacial score (nSPS) is 16.7. The van der Waals surface area contributed by atoms with E-state index in [1.54, 1.807) is 36.4 Å². The number of rotatable bonds is 7. The minimum absolute atomic E-state index is 0.0344. The number of benzene rings is 2. The molecule has 0 bridgehead atoms. The van der Waals surface area contributed by atoms with Gasteiger partial charge in [0.1, 0.15) is 0 Å². The number of hydrogen-bond acceptors (Lipinski definition) is 6. The molecule has 2 aromatic rings. The van der Waals surface area contributed by atoms with E-state index in [0.29, 0.717) is 22.0 Å². The molecule has 0 unspecified atom stereocenters. The molecule has 31 heavy (non-hydrogen) atoms. The highest BCUT2D eigenvalue weighted by atomic mass is 79.9. The third-order valence-electron chi connectivity index (χ3n) is 4.21. The van der Waals surface area contributed by atoms with Crippen LogP contribution in [0.1, 0.15) is 5.56 Å². The maximum Gasteiger partial charge on any atom is 0.284 e. The summed E-state index contributed by atoms with van der Waals surface area (Å²) in [5, 5.41) is 0.0690. The highest BCUT2D eigenvalue weighted by Crippen LogP contribution is 2.35. The number of ether oxygens (including phenoxy) is 2. The third-order valence-corrected chi connectivity index (χ3v) is 7.15. The highest BCUT2D eigenvalue weighted by molar-refractivity contribution is 9.10. The van der Waals surface area contributed by atoms with Gasteiger partial charge in [0.05, 0.1) is 24.0 Å². The zero-order chi connectivity index (χ0) is 22.6. The summed E-state index contributed by atoms with van der Waals surface area (Å²) in [7, 11) is -0.939. The summed E-state index contributed by atoms with van der Waals surface area (Å²) in [5.74, 6) is 0.720. The molecule has 0 aliphatic carbocycles. The molecule has 1 aliphatic heterocycles. The average Bonchev–Trinajstić information content (AvgIpc) is 3.02. The molecular weight excluding hydrogens is 504 g/mol. The van der Waals surface area contributed by atoms with Crippen LogP contribution in [0.2, 0.25) is 0 Å². The first kappa shape index (κ1) is 23.1. The van der Waals surface area contributed by atoms with Crippen molar-refractivity contribution >= 4 is 54.9 Å². The van der Waals surface area contributed by atoms with Gasteiger partial charge in [0, 0.05) is 11.0 Å². The van der Waals surface area contributed by atoms with Crippen LogP contribution in [0.15, 0.2) is 73.8 Å². The van der Waals surface area contributed by atoms with E-state index in [1.807, 2.05) is 0 Å². The lowest BCUT2D eigenvalue weighted by Gasteiger charge is -2.12. The van der Waals surface area contributed by atoms with Crippen LogP contribution in [-0.4, -0.2) is 45.2 Å². The average molecular weight is 523 g/mol. The monoisotopic (exact) mass is 522 g/mol. The fourth-order valence-electron chi connectivity index (χ4n) is 2.72. The molecule has 7 nitrogen and oxygen atoms in total. The smallest absolute Gasteiger partial charge is 0.284 e. The summed E-state index contributed by atoms with van der Waals surface area (Å²) < 4.78 is 40.7. The van der Waals surface area contributed by atoms with Gasteiger partial charge in [0.25, 0.3) is 15.9 Å². The van der Waals surface area contributed by atoms with E-state index in [-0.39, 0.29) is 22.5 Å². The zero-order valence-electron chi connectivity index (χ0n) is 16.7. The molecule has 1 aliphatic rings. The fraction of sp³-hybridized carbons (Fsp3) is 0.143. The van der Waals surface area contributed by atoms with Crippen molar-refractivity contribution in [2.45, 2.75) is 4.90 Å². The molecule has 10 heteroatoms. The minimum atomic E-state index is -4.00. The molecule has 0 aromatic heterocycles. The lowest BCUT2D eigenvalue weighted by molar-refractivity contribution is -0.121. The van der Waals surface area contributed by atoms with Crippen molar-refractivity contribution < 1.29 is 22.7 Å². The Morgan fingerprint density at radius 1 is 1.13 bits per heavy atom. The molecule has 1 heterocycles. The number of carbonyl (C=O) groups is 1. The number of thioether (sulfide) groups is 1. The summed E-state index contributed by atoms with van der Waals surface area (Å²) in [6.07, 6.45) is 3.17. The maximum absolute atomic E-state index is 12.9. The molecule has 1 fully saturated rings. The molecule has 1 saturated heterocycles. The second-order valence-corrected chi connectivity index (χ2v) is 9.76. The minimum Gasteiger partial charge on any atom is -0.493 e. The Morgan fingerprint density at radius 2 is 1.81 bits per heavy atom. The molecule has 2 aromatic carbocycles. The Labute approximate surface area is 193 Å². The van der Waals surface area contributed by atoms with E-state index in [1.165, 1.54) is 37.3 Å². The highest BCUT2D eigenvalue weighted by Gasteiger charge is 2.34. The first-order chi connectivity index (χ1) is 14.8. The van der Waals surface area contributed by atoms with Crippen molar-refractivity contribution in [2.75, 3.05) is 20.8 Å². The van der Waals surface area contributed by atoms with Crippen LogP contribution in [0.25, 0.3) is 6.08 Å². The molecular formula is C21H19BrN2O5S2. The van der Waals surface area contributed by atoms with Crippen molar-refractivity contribution in [1.29, 1.82) is 0 Å². The van der Waals surface area contributed by atoms with Gasteiger partial charge in [-0.15, -0.1) is 11.0 Å². The van der Waals surface area contributed by atoms with Crippen LogP contribution >= 0.6 is 27.7 Å². The molecule has 0 spiro atoms. The van der Waals surface area contributed by atoms with Crippen LogP contribution in [0.5, 0.6) is 11.5 Å². The maximum atomic E-state index is 12.9. The van der Waals surface area contributed by atoms with Gasteiger partial charge in [0.2, 0.25) is 0 Å². The van der Waals surface area contributed by atoms with Crippen LogP contribution in [0.3, 0.4) is 0 Å². The number of nitrogens with zero attached hydrogens (tertiary/aromatic N) is 2. The molecule has 162 valence electrons. The van der Waals surface area contributed by atoms with E-state index >= 15 is 0 Å². The SMILES string of the molecule is C=CCN1C(=O)C(=Cc2ccc(OC)c(OC)c2)SC1=NS(=O)(=O)c1ccc(Br)cc1. The first-order valence-corrected chi connectivity index (χ1v) is 12.0. The van der Waals surface area contributed by atoms with Crippen LogP contribution in [0.4, 0.5) is 0 Å². The number of sulfonamides is 1. The van der Waals surface area contributed by atoms with Crippen LogP contribution < -0.4 is 9.47 Å². The molecule has 0 saturated carbocycles. The fourth-order valence-corrected chi connectivity index (χ4v) is 5.18. The van der Waals surface area contributed by atoms with E-state index < -0.39 is 10.0 Å². The predicted octanol–water partition coefficient (Wildman–Crippen LogP) is 4.31. The molecule has 0 atom stereocenters. The van der Waals surface area contributed by atoms with E-state index in [9.17, 15) is 13.2 Å². The van der Waals surface area contributed by atoms with Gasteiger partial charge in [-0.3, -0.25) is 9.69 Å². The number of amides is 1. The first-order valence-electron chi connectivity index (χ1n) is 8.94. The van der Waals surface area contributed by atoms with Gasteiger partial charge in [-0.2, -0.15) is 8.42 Å². The number of carbonyl (C=O) groups excluding carboxylic acids is 1. The van der Waals surface area contributed by atoms with Crippen molar-refractivity contribution in [2.24, 2.45) is 4.40 Å². The van der Waals surface area contributed by atoms with Gasteiger partial charge < -0.3 is 9.47 Å². The lowest BCUT2D eigenvalue weighted by atomic mass is 10.2. The molecule has 1 amide bonds. The second-order valence-electron chi connectivity index (χ2n) is 6.23. The van der Waals surface area contributed by atoms with Crippen molar-refractivity contribution in [3.05, 3.63) is 70.1 Å². The van der Waals surface area contributed by atoms with E-state index in [2.05, 4.69) is 26.9 Å². The lowest BCUT2D eigenvalue weighted by Crippen LogP contribution is -2.29. The van der Waals surface area contributed by atoms with Gasteiger partial charge in [0.15, 0.2) is 16.7 Å². The topological polar surface area (TPSA) is 85.3 Å². The Bertz CT molecular complexity index is 1170. The summed E-state index contributed by atoms with van der Waals surface area (Å²) in [5.41, 5.74) is 0.698. The van der Waals surface area contributed by atoms with Crippen LogP contribution in [0, 0.1) is 0 Å². The molecule has 0 N–H and O–H groups in total. The summed E-state index contributed by atoms with van der Waals surface area (Å²) in [6.45, 7) is 3.77. The summed E-state index contributed by atoms with van der Waals surface area (Å²) in [6, 6.07) is 11.4. The third kappa shape index (κ3) is 5.20. The van der Waals surface area contributed by atoms with Gasteiger partial charge in [-0.1, -0.05) is 28.1 Å². The van der Waals surface area contributed by atoms with Crippen molar-refractivity contribution in [3.8, 4) is 11.5 Å². The largest absolute Gasteiger partial charge is 0.493 e. The van der Waals surface area contributed by atoms with Gasteiger partial charge >= 0.3 is 0 Å².